The zero-order valence-electron chi connectivity index (χ0n) is 11.5. The summed E-state index contributed by atoms with van der Waals surface area (Å²) in [7, 11) is 0. The maximum absolute atomic E-state index is 9.33. The number of hydrogen-bond donors (Lipinski definition) is 2. The van der Waals surface area contributed by atoms with Crippen LogP contribution < -0.4 is 5.32 Å². The molecule has 3 nitrogen and oxygen atoms in total. The van der Waals surface area contributed by atoms with E-state index in [4.69, 9.17) is 4.42 Å². The molecule has 0 amide bonds. The van der Waals surface area contributed by atoms with Crippen LogP contribution in [-0.2, 0) is 6.42 Å². The van der Waals surface area contributed by atoms with E-state index in [1.807, 2.05) is 24.3 Å². The van der Waals surface area contributed by atoms with Crippen molar-refractivity contribution in [3.8, 4) is 5.75 Å². The first-order chi connectivity index (χ1) is 9.19. The van der Waals surface area contributed by atoms with Gasteiger partial charge >= 0.3 is 0 Å². The molecule has 0 spiro atoms. The quantitative estimate of drug-likeness (QED) is 0.832. The summed E-state index contributed by atoms with van der Waals surface area (Å²) in [5.41, 5.74) is 1.20. The Morgan fingerprint density at radius 3 is 2.53 bits per heavy atom. The van der Waals surface area contributed by atoms with Crippen LogP contribution in [0.1, 0.15) is 37.6 Å². The normalized spacial score (nSPS) is 14.2. The molecule has 0 fully saturated rings. The van der Waals surface area contributed by atoms with Gasteiger partial charge in [-0.05, 0) is 43.2 Å². The maximum atomic E-state index is 9.33. The van der Waals surface area contributed by atoms with Crippen molar-refractivity contribution >= 4 is 0 Å². The molecule has 0 aliphatic rings. The van der Waals surface area contributed by atoms with Crippen LogP contribution in [0.2, 0.25) is 0 Å². The zero-order chi connectivity index (χ0) is 13.7. The third-order valence-corrected chi connectivity index (χ3v) is 3.28. The molecule has 2 aromatic rings. The number of furan rings is 1. The number of phenols is 1. The largest absolute Gasteiger partial charge is 0.508 e. The third-order valence-electron chi connectivity index (χ3n) is 3.28. The topological polar surface area (TPSA) is 45.4 Å². The van der Waals surface area contributed by atoms with E-state index in [2.05, 4.69) is 19.2 Å². The summed E-state index contributed by atoms with van der Waals surface area (Å²) < 4.78 is 5.37. The number of aromatic hydroxyl groups is 1. The number of phenolic OH excluding ortho intramolecular Hbond substituents is 1. The molecule has 3 heteroatoms. The summed E-state index contributed by atoms with van der Waals surface area (Å²) >= 11 is 0. The lowest BCUT2D eigenvalue weighted by atomic mass is 10.0. The molecular weight excluding hydrogens is 238 g/mol. The summed E-state index contributed by atoms with van der Waals surface area (Å²) in [6.07, 6.45) is 3.59. The molecule has 2 unspecified atom stereocenters. The molecular formula is C16H21NO2. The van der Waals surface area contributed by atoms with Crippen LogP contribution in [0.15, 0.2) is 47.1 Å². The number of benzene rings is 1. The highest BCUT2D eigenvalue weighted by Gasteiger charge is 2.13. The Morgan fingerprint density at radius 2 is 1.95 bits per heavy atom. The van der Waals surface area contributed by atoms with Gasteiger partial charge in [0.25, 0.3) is 0 Å². The molecule has 0 aliphatic heterocycles. The van der Waals surface area contributed by atoms with Crippen molar-refractivity contribution < 1.29 is 9.52 Å². The Labute approximate surface area is 114 Å². The summed E-state index contributed by atoms with van der Waals surface area (Å²) in [6, 6.07) is 12.0. The first-order valence-electron chi connectivity index (χ1n) is 6.76. The van der Waals surface area contributed by atoms with Crippen molar-refractivity contribution in [1.82, 2.24) is 5.32 Å². The molecule has 19 heavy (non-hydrogen) atoms. The Hall–Kier alpha value is -1.74. The van der Waals surface area contributed by atoms with Crippen molar-refractivity contribution in [2.45, 2.75) is 38.8 Å². The van der Waals surface area contributed by atoms with Crippen molar-refractivity contribution in [3.63, 3.8) is 0 Å². The van der Waals surface area contributed by atoms with Gasteiger partial charge < -0.3 is 14.8 Å². The number of hydrogen-bond acceptors (Lipinski definition) is 3. The van der Waals surface area contributed by atoms with Crippen LogP contribution in [0, 0.1) is 0 Å². The van der Waals surface area contributed by atoms with E-state index in [0.717, 1.165) is 18.6 Å². The molecule has 2 rings (SSSR count). The second-order valence-electron chi connectivity index (χ2n) is 4.90. The standard InChI is InChI=1S/C16H21NO2/c1-3-16(13-6-8-14(18)9-7-13)17-12(2)11-15-5-4-10-19-15/h4-10,12,16-18H,3,11H2,1-2H3. The van der Waals surface area contributed by atoms with Crippen molar-refractivity contribution in [3.05, 3.63) is 54.0 Å². The number of rotatable bonds is 6. The molecule has 0 aliphatic carbocycles. The van der Waals surface area contributed by atoms with E-state index in [0.29, 0.717) is 17.8 Å². The van der Waals surface area contributed by atoms with Crippen LogP contribution >= 0.6 is 0 Å². The fourth-order valence-corrected chi connectivity index (χ4v) is 2.29. The highest BCUT2D eigenvalue weighted by atomic mass is 16.3. The average Bonchev–Trinajstić information content (AvgIpc) is 2.90. The van der Waals surface area contributed by atoms with Crippen LogP contribution in [0.25, 0.3) is 0 Å². The van der Waals surface area contributed by atoms with E-state index in [9.17, 15) is 5.11 Å². The predicted molar refractivity (Wildman–Crippen MR) is 76.1 cm³/mol. The van der Waals surface area contributed by atoms with Crippen molar-refractivity contribution in [1.29, 1.82) is 0 Å². The van der Waals surface area contributed by atoms with Gasteiger partial charge in [-0.2, -0.15) is 0 Å². The van der Waals surface area contributed by atoms with Gasteiger partial charge in [-0.25, -0.2) is 0 Å². The Bertz CT molecular complexity index is 476. The fourth-order valence-electron chi connectivity index (χ4n) is 2.29. The molecule has 1 aromatic carbocycles. The maximum Gasteiger partial charge on any atom is 0.115 e. The van der Waals surface area contributed by atoms with Crippen LogP contribution in [0.5, 0.6) is 5.75 Å². The van der Waals surface area contributed by atoms with Gasteiger partial charge in [-0.15, -0.1) is 0 Å². The van der Waals surface area contributed by atoms with Gasteiger partial charge in [0, 0.05) is 18.5 Å². The summed E-state index contributed by atoms with van der Waals surface area (Å²) in [5, 5.41) is 12.9. The SMILES string of the molecule is CCC(NC(C)Cc1ccco1)c1ccc(O)cc1. The molecule has 102 valence electrons. The van der Waals surface area contributed by atoms with Crippen LogP contribution in [0.4, 0.5) is 0 Å². The van der Waals surface area contributed by atoms with E-state index in [1.165, 1.54) is 5.56 Å². The van der Waals surface area contributed by atoms with Gasteiger partial charge in [-0.1, -0.05) is 19.1 Å². The molecule has 1 heterocycles. The summed E-state index contributed by atoms with van der Waals surface area (Å²) in [5.74, 6) is 1.31. The monoisotopic (exact) mass is 259 g/mol. The number of nitrogens with one attached hydrogen (secondary N) is 1. The lowest BCUT2D eigenvalue weighted by Crippen LogP contribution is -2.31. The molecule has 0 bridgehead atoms. The van der Waals surface area contributed by atoms with Gasteiger partial charge in [-0.3, -0.25) is 0 Å². The minimum absolute atomic E-state index is 0.297. The molecule has 1 aromatic heterocycles. The minimum atomic E-state index is 0.297. The average molecular weight is 259 g/mol. The first kappa shape index (κ1) is 13.7. The molecule has 2 atom stereocenters. The van der Waals surface area contributed by atoms with E-state index < -0.39 is 0 Å². The summed E-state index contributed by atoms with van der Waals surface area (Å²) in [4.78, 5) is 0. The fraction of sp³-hybridized carbons (Fsp3) is 0.375. The Kier molecular flexibility index (Phi) is 4.63. The smallest absolute Gasteiger partial charge is 0.115 e. The molecule has 0 saturated carbocycles. The third kappa shape index (κ3) is 3.86. The van der Waals surface area contributed by atoms with E-state index >= 15 is 0 Å². The molecule has 0 saturated heterocycles. The second-order valence-corrected chi connectivity index (χ2v) is 4.90. The lowest BCUT2D eigenvalue weighted by Gasteiger charge is -2.22. The predicted octanol–water partition coefficient (Wildman–Crippen LogP) is 3.66. The minimum Gasteiger partial charge on any atom is -0.508 e. The lowest BCUT2D eigenvalue weighted by molar-refractivity contribution is 0.410. The van der Waals surface area contributed by atoms with Crippen molar-refractivity contribution in [2.75, 3.05) is 0 Å². The molecule has 0 radical (unpaired) electrons. The summed E-state index contributed by atoms with van der Waals surface area (Å²) in [6.45, 7) is 4.32. The van der Waals surface area contributed by atoms with Crippen LogP contribution in [-0.4, -0.2) is 11.1 Å². The van der Waals surface area contributed by atoms with Gasteiger partial charge in [0.1, 0.15) is 11.5 Å². The van der Waals surface area contributed by atoms with Gasteiger partial charge in [0.15, 0.2) is 0 Å². The first-order valence-corrected chi connectivity index (χ1v) is 6.76. The van der Waals surface area contributed by atoms with Crippen molar-refractivity contribution in [2.24, 2.45) is 0 Å². The Morgan fingerprint density at radius 1 is 1.21 bits per heavy atom. The van der Waals surface area contributed by atoms with Gasteiger partial charge in [0.05, 0.1) is 6.26 Å². The Balaban J connectivity index is 1.96. The zero-order valence-corrected chi connectivity index (χ0v) is 11.5. The highest BCUT2D eigenvalue weighted by molar-refractivity contribution is 5.28. The van der Waals surface area contributed by atoms with Gasteiger partial charge in [0.2, 0.25) is 0 Å². The molecule has 2 N–H and O–H groups in total. The highest BCUT2D eigenvalue weighted by Crippen LogP contribution is 2.20. The van der Waals surface area contributed by atoms with E-state index in [1.54, 1.807) is 18.4 Å². The second kappa shape index (κ2) is 6.43. The van der Waals surface area contributed by atoms with Crippen LogP contribution in [0.3, 0.4) is 0 Å². The van der Waals surface area contributed by atoms with E-state index in [-0.39, 0.29) is 0 Å².